The molecule has 0 radical (unpaired) electrons. The number of nitrogens with zero attached hydrogens (tertiary/aromatic N) is 3. The SMILES string of the molecule is c1ccc2cc3c(cc2c1)c1ccccc1n3-c1nc(-c2ccc3cc4sc5ccccc5c4cc3c2)c2ccccc2n1. The number of aromatic nitrogens is 3. The Morgan fingerprint density at radius 3 is 2.05 bits per heavy atom. The molecule has 0 fully saturated rings. The number of benzene rings is 7. The van der Waals surface area contributed by atoms with E-state index in [1.54, 1.807) is 0 Å². The number of hydrogen-bond donors (Lipinski definition) is 0. The van der Waals surface area contributed by atoms with E-state index in [-0.39, 0.29) is 0 Å². The molecule has 0 amide bonds. The fourth-order valence-electron chi connectivity index (χ4n) is 6.87. The fourth-order valence-corrected chi connectivity index (χ4v) is 8.01. The van der Waals surface area contributed by atoms with Gasteiger partial charge in [-0.1, -0.05) is 91.0 Å². The van der Waals surface area contributed by atoms with Crippen LogP contribution in [0.1, 0.15) is 0 Å². The van der Waals surface area contributed by atoms with E-state index in [2.05, 4.69) is 144 Å². The van der Waals surface area contributed by atoms with Gasteiger partial charge in [-0.2, -0.15) is 0 Å². The molecule has 0 atom stereocenters. The van der Waals surface area contributed by atoms with Crippen LogP contribution in [0.25, 0.3) is 91.6 Å². The van der Waals surface area contributed by atoms with Crippen LogP contribution in [-0.2, 0) is 0 Å². The second-order valence-corrected chi connectivity index (χ2v) is 12.6. The van der Waals surface area contributed by atoms with Crippen molar-refractivity contribution in [3.8, 4) is 17.2 Å². The first-order chi connectivity index (χ1) is 21.8. The summed E-state index contributed by atoms with van der Waals surface area (Å²) in [5.41, 5.74) is 5.16. The summed E-state index contributed by atoms with van der Waals surface area (Å²) in [6.07, 6.45) is 0. The Labute approximate surface area is 256 Å². The van der Waals surface area contributed by atoms with E-state index >= 15 is 0 Å². The van der Waals surface area contributed by atoms with Gasteiger partial charge in [0.15, 0.2) is 0 Å². The minimum absolute atomic E-state index is 0.680. The molecule has 0 saturated carbocycles. The van der Waals surface area contributed by atoms with Crippen molar-refractivity contribution in [2.24, 2.45) is 0 Å². The maximum Gasteiger partial charge on any atom is 0.235 e. The molecule has 10 rings (SSSR count). The molecule has 3 aromatic heterocycles. The first-order valence-corrected chi connectivity index (χ1v) is 15.6. The molecule has 3 nitrogen and oxygen atoms in total. The molecule has 3 heterocycles. The van der Waals surface area contributed by atoms with Gasteiger partial charge in [0, 0.05) is 41.9 Å². The standard InChI is InChI=1S/C40H23N3S/c1-2-10-25-22-36-32(20-24(25)9-1)29-11-4-7-15-35(29)43(36)40-41-34-14-6-3-13-31(34)39(42-40)27-18-17-26-23-38-33(21-28(26)19-27)30-12-5-8-16-37(30)44-38/h1-23H. The topological polar surface area (TPSA) is 30.7 Å². The van der Waals surface area contributed by atoms with Crippen molar-refractivity contribution in [2.75, 3.05) is 0 Å². The summed E-state index contributed by atoms with van der Waals surface area (Å²) < 4.78 is 4.87. The molecule has 0 aliphatic heterocycles. The van der Waals surface area contributed by atoms with Crippen LogP contribution in [0.3, 0.4) is 0 Å². The third-order valence-electron chi connectivity index (χ3n) is 8.94. The second-order valence-electron chi connectivity index (χ2n) is 11.5. The molecule has 10 aromatic rings. The fraction of sp³-hybridized carbons (Fsp3) is 0. The quantitative estimate of drug-likeness (QED) is 0.205. The van der Waals surface area contributed by atoms with Crippen LogP contribution >= 0.6 is 11.3 Å². The number of para-hydroxylation sites is 2. The van der Waals surface area contributed by atoms with Crippen molar-refractivity contribution in [1.29, 1.82) is 0 Å². The van der Waals surface area contributed by atoms with E-state index in [1.165, 1.54) is 52.5 Å². The lowest BCUT2D eigenvalue weighted by Gasteiger charge is -2.12. The van der Waals surface area contributed by atoms with Gasteiger partial charge in [-0.15, -0.1) is 11.3 Å². The third-order valence-corrected chi connectivity index (χ3v) is 10.1. The molecular weight excluding hydrogens is 555 g/mol. The lowest BCUT2D eigenvalue weighted by atomic mass is 10.0. The summed E-state index contributed by atoms with van der Waals surface area (Å²) in [7, 11) is 0. The van der Waals surface area contributed by atoms with Gasteiger partial charge in [-0.3, -0.25) is 4.57 Å². The first kappa shape index (κ1) is 23.9. The summed E-state index contributed by atoms with van der Waals surface area (Å²) in [6.45, 7) is 0. The van der Waals surface area contributed by atoms with Crippen molar-refractivity contribution < 1.29 is 0 Å². The second kappa shape index (κ2) is 8.96. The van der Waals surface area contributed by atoms with Crippen LogP contribution in [-0.4, -0.2) is 14.5 Å². The van der Waals surface area contributed by atoms with Crippen LogP contribution in [0.5, 0.6) is 0 Å². The van der Waals surface area contributed by atoms with Crippen molar-refractivity contribution >= 4 is 85.8 Å². The van der Waals surface area contributed by atoms with E-state index in [4.69, 9.17) is 9.97 Å². The normalized spacial score (nSPS) is 12.1. The number of fused-ring (bicyclic) bond motifs is 9. The van der Waals surface area contributed by atoms with Crippen LogP contribution < -0.4 is 0 Å². The summed E-state index contributed by atoms with van der Waals surface area (Å²) in [4.78, 5) is 10.5. The number of rotatable bonds is 2. The Bertz CT molecular complexity index is 2790. The zero-order valence-electron chi connectivity index (χ0n) is 23.5. The van der Waals surface area contributed by atoms with Crippen LogP contribution in [0.4, 0.5) is 0 Å². The third kappa shape index (κ3) is 3.43. The molecular formula is C40H23N3S. The molecule has 44 heavy (non-hydrogen) atoms. The smallest absolute Gasteiger partial charge is 0.235 e. The van der Waals surface area contributed by atoms with Crippen molar-refractivity contribution in [3.05, 3.63) is 140 Å². The predicted molar refractivity (Wildman–Crippen MR) is 187 cm³/mol. The van der Waals surface area contributed by atoms with Gasteiger partial charge < -0.3 is 0 Å². The summed E-state index contributed by atoms with van der Waals surface area (Å²) in [6, 6.07) is 50.1. The molecule has 204 valence electrons. The Hall–Kier alpha value is -5.58. The van der Waals surface area contributed by atoms with E-state index in [1.807, 2.05) is 11.3 Å². The van der Waals surface area contributed by atoms with Crippen LogP contribution in [0.15, 0.2) is 140 Å². The van der Waals surface area contributed by atoms with Crippen molar-refractivity contribution in [3.63, 3.8) is 0 Å². The molecule has 7 aromatic carbocycles. The monoisotopic (exact) mass is 577 g/mol. The Morgan fingerprint density at radius 2 is 1.14 bits per heavy atom. The van der Waals surface area contributed by atoms with Crippen molar-refractivity contribution in [1.82, 2.24) is 14.5 Å². The molecule has 0 N–H and O–H groups in total. The highest BCUT2D eigenvalue weighted by atomic mass is 32.1. The van der Waals surface area contributed by atoms with Gasteiger partial charge in [0.1, 0.15) is 0 Å². The minimum Gasteiger partial charge on any atom is -0.278 e. The molecule has 0 saturated heterocycles. The summed E-state index contributed by atoms with van der Waals surface area (Å²) >= 11 is 1.86. The zero-order chi connectivity index (χ0) is 28.8. The average molecular weight is 578 g/mol. The molecule has 0 spiro atoms. The van der Waals surface area contributed by atoms with Gasteiger partial charge in [0.2, 0.25) is 5.95 Å². The maximum absolute atomic E-state index is 5.36. The molecule has 4 heteroatoms. The highest BCUT2D eigenvalue weighted by molar-refractivity contribution is 7.25. The predicted octanol–water partition coefficient (Wildman–Crippen LogP) is 11.1. The Morgan fingerprint density at radius 1 is 0.432 bits per heavy atom. The van der Waals surface area contributed by atoms with Crippen molar-refractivity contribution in [2.45, 2.75) is 0 Å². The van der Waals surface area contributed by atoms with Gasteiger partial charge >= 0.3 is 0 Å². The number of hydrogen-bond acceptors (Lipinski definition) is 3. The van der Waals surface area contributed by atoms with E-state index in [9.17, 15) is 0 Å². The lowest BCUT2D eigenvalue weighted by Crippen LogP contribution is -2.03. The highest BCUT2D eigenvalue weighted by Crippen LogP contribution is 2.39. The summed E-state index contributed by atoms with van der Waals surface area (Å²) in [5, 5.41) is 10.9. The average Bonchev–Trinajstić information content (AvgIpc) is 3.60. The number of thiophene rings is 1. The van der Waals surface area contributed by atoms with Crippen LogP contribution in [0.2, 0.25) is 0 Å². The van der Waals surface area contributed by atoms with E-state index < -0.39 is 0 Å². The molecule has 0 unspecified atom stereocenters. The minimum atomic E-state index is 0.680. The Kier molecular flexibility index (Phi) is 4.87. The lowest BCUT2D eigenvalue weighted by molar-refractivity contribution is 1.01. The van der Waals surface area contributed by atoms with Gasteiger partial charge in [-0.25, -0.2) is 9.97 Å². The van der Waals surface area contributed by atoms with E-state index in [0.29, 0.717) is 5.95 Å². The first-order valence-electron chi connectivity index (χ1n) is 14.8. The van der Waals surface area contributed by atoms with E-state index in [0.717, 1.165) is 33.2 Å². The maximum atomic E-state index is 5.36. The van der Waals surface area contributed by atoms with Crippen LogP contribution in [0, 0.1) is 0 Å². The molecule has 0 bridgehead atoms. The Balaban J connectivity index is 1.26. The summed E-state index contributed by atoms with van der Waals surface area (Å²) in [5.74, 6) is 0.680. The highest BCUT2D eigenvalue weighted by Gasteiger charge is 2.18. The zero-order valence-corrected chi connectivity index (χ0v) is 24.3. The molecule has 0 aliphatic rings. The van der Waals surface area contributed by atoms with Gasteiger partial charge in [0.05, 0.1) is 22.2 Å². The van der Waals surface area contributed by atoms with Gasteiger partial charge in [-0.05, 0) is 70.1 Å². The molecule has 0 aliphatic carbocycles. The van der Waals surface area contributed by atoms with Gasteiger partial charge in [0.25, 0.3) is 0 Å². The largest absolute Gasteiger partial charge is 0.278 e.